The third-order valence-corrected chi connectivity index (χ3v) is 5.69. The van der Waals surface area contributed by atoms with E-state index in [4.69, 9.17) is 0 Å². The maximum Gasteiger partial charge on any atom is 0.175 e. The van der Waals surface area contributed by atoms with E-state index in [1.54, 1.807) is 17.0 Å². The second-order valence-electron chi connectivity index (χ2n) is 7.16. The van der Waals surface area contributed by atoms with Crippen molar-refractivity contribution in [2.24, 2.45) is 0 Å². The lowest BCUT2D eigenvalue weighted by molar-refractivity contribution is 0.0756. The Hall–Kier alpha value is -1.99. The highest BCUT2D eigenvalue weighted by molar-refractivity contribution is 7.90. The largest absolute Gasteiger partial charge is 0.386 e. The van der Waals surface area contributed by atoms with E-state index >= 15 is 0 Å². The number of halogens is 2. The Labute approximate surface area is 152 Å². The van der Waals surface area contributed by atoms with Crippen LogP contribution in [0.15, 0.2) is 35.2 Å². The zero-order chi connectivity index (χ0) is 19.3. The number of aliphatic hydroxyl groups is 1. The molecule has 3 rings (SSSR count). The molecular formula is C19H21F2NO3S. The standard InChI is InChI=1S/C19H21F2NO3S/c1-19(2,23)15-11-14(6-7-17(15)26(3,24)25)22-8-4-5-12-9-13(20)10-16(21)18(12)22/h6-7,9-11,23H,4-5,8H2,1-3H3. The van der Waals surface area contributed by atoms with Crippen molar-refractivity contribution in [1.82, 2.24) is 0 Å². The number of benzene rings is 2. The summed E-state index contributed by atoms with van der Waals surface area (Å²) in [4.78, 5) is 1.74. The van der Waals surface area contributed by atoms with Crippen molar-refractivity contribution >= 4 is 21.2 Å². The summed E-state index contributed by atoms with van der Waals surface area (Å²) in [6, 6.07) is 6.75. The molecule has 0 atom stereocenters. The molecule has 0 spiro atoms. The molecule has 140 valence electrons. The first-order chi connectivity index (χ1) is 12.0. The van der Waals surface area contributed by atoms with E-state index in [-0.39, 0.29) is 10.5 Å². The van der Waals surface area contributed by atoms with Gasteiger partial charge >= 0.3 is 0 Å². The van der Waals surface area contributed by atoms with Gasteiger partial charge in [0.2, 0.25) is 0 Å². The highest BCUT2D eigenvalue weighted by atomic mass is 32.2. The van der Waals surface area contributed by atoms with Crippen molar-refractivity contribution in [3.63, 3.8) is 0 Å². The number of rotatable bonds is 3. The molecule has 2 aromatic rings. The average Bonchev–Trinajstić information content (AvgIpc) is 2.51. The smallest absolute Gasteiger partial charge is 0.175 e. The van der Waals surface area contributed by atoms with Gasteiger partial charge in [0, 0.05) is 30.1 Å². The van der Waals surface area contributed by atoms with Gasteiger partial charge in [-0.15, -0.1) is 0 Å². The Kier molecular flexibility index (Phi) is 4.56. The topological polar surface area (TPSA) is 57.6 Å². The molecule has 0 saturated heterocycles. The van der Waals surface area contributed by atoms with Gasteiger partial charge in [0.1, 0.15) is 11.6 Å². The van der Waals surface area contributed by atoms with Crippen LogP contribution in [0.1, 0.15) is 31.4 Å². The van der Waals surface area contributed by atoms with Gasteiger partial charge < -0.3 is 10.0 Å². The zero-order valence-corrected chi connectivity index (χ0v) is 15.7. The number of sulfone groups is 1. The minimum absolute atomic E-state index is 0.0329. The summed E-state index contributed by atoms with van der Waals surface area (Å²) in [6.07, 6.45) is 2.36. The van der Waals surface area contributed by atoms with Crippen LogP contribution in [-0.2, 0) is 21.9 Å². The molecule has 0 unspecified atom stereocenters. The predicted octanol–water partition coefficient (Wildman–Crippen LogP) is 3.68. The van der Waals surface area contributed by atoms with E-state index in [0.717, 1.165) is 12.3 Å². The van der Waals surface area contributed by atoms with Crippen molar-refractivity contribution in [2.45, 2.75) is 37.2 Å². The molecule has 1 aliphatic rings. The van der Waals surface area contributed by atoms with Crippen LogP contribution in [0.2, 0.25) is 0 Å². The first-order valence-corrected chi connectivity index (χ1v) is 10.2. The van der Waals surface area contributed by atoms with Gasteiger partial charge in [-0.25, -0.2) is 17.2 Å². The lowest BCUT2D eigenvalue weighted by atomic mass is 9.96. The minimum atomic E-state index is -3.54. The molecule has 26 heavy (non-hydrogen) atoms. The van der Waals surface area contributed by atoms with Crippen molar-refractivity contribution < 1.29 is 22.3 Å². The molecule has 0 aliphatic carbocycles. The van der Waals surface area contributed by atoms with Crippen LogP contribution >= 0.6 is 0 Å². The molecule has 0 aromatic heterocycles. The van der Waals surface area contributed by atoms with Gasteiger partial charge in [-0.05, 0) is 56.5 Å². The Balaban J connectivity index is 2.19. The summed E-state index contributed by atoms with van der Waals surface area (Å²) in [5.41, 5.74) is 0.277. The van der Waals surface area contributed by atoms with Gasteiger partial charge in [0.05, 0.1) is 16.2 Å². The second kappa shape index (κ2) is 6.32. The Morgan fingerprint density at radius 2 is 1.85 bits per heavy atom. The molecule has 1 heterocycles. The molecule has 2 aromatic carbocycles. The van der Waals surface area contributed by atoms with Gasteiger partial charge in [0.25, 0.3) is 0 Å². The summed E-state index contributed by atoms with van der Waals surface area (Å²) in [7, 11) is -3.54. The maximum atomic E-state index is 14.4. The lowest BCUT2D eigenvalue weighted by Gasteiger charge is -2.33. The lowest BCUT2D eigenvalue weighted by Crippen LogP contribution is -2.27. The number of hydrogen-bond acceptors (Lipinski definition) is 4. The average molecular weight is 381 g/mol. The van der Waals surface area contributed by atoms with E-state index in [2.05, 4.69) is 0 Å². The fourth-order valence-corrected chi connectivity index (χ4v) is 4.42. The molecule has 1 aliphatic heterocycles. The van der Waals surface area contributed by atoms with E-state index < -0.39 is 27.1 Å². The SMILES string of the molecule is CC(C)(O)c1cc(N2CCCc3cc(F)cc(F)c32)ccc1S(C)(=O)=O. The Morgan fingerprint density at radius 1 is 1.15 bits per heavy atom. The van der Waals surface area contributed by atoms with Crippen LogP contribution in [0.3, 0.4) is 0 Å². The summed E-state index contributed by atoms with van der Waals surface area (Å²) in [6.45, 7) is 3.51. The molecule has 4 nitrogen and oxygen atoms in total. The monoisotopic (exact) mass is 381 g/mol. The zero-order valence-electron chi connectivity index (χ0n) is 14.9. The fraction of sp³-hybridized carbons (Fsp3) is 0.368. The van der Waals surface area contributed by atoms with Gasteiger partial charge in [0.15, 0.2) is 9.84 Å². The summed E-state index contributed by atoms with van der Waals surface area (Å²) in [5.74, 6) is -1.27. The first kappa shape index (κ1) is 18.8. The van der Waals surface area contributed by atoms with E-state index in [0.29, 0.717) is 36.3 Å². The van der Waals surface area contributed by atoms with Crippen molar-refractivity contribution in [3.8, 4) is 0 Å². The van der Waals surface area contributed by atoms with Crippen molar-refractivity contribution in [3.05, 3.63) is 53.1 Å². The van der Waals surface area contributed by atoms with Crippen molar-refractivity contribution in [2.75, 3.05) is 17.7 Å². The minimum Gasteiger partial charge on any atom is -0.386 e. The normalized spacial score (nSPS) is 15.1. The number of hydrogen-bond donors (Lipinski definition) is 1. The van der Waals surface area contributed by atoms with E-state index in [1.165, 1.54) is 26.0 Å². The van der Waals surface area contributed by atoms with Crippen LogP contribution in [0, 0.1) is 11.6 Å². The fourth-order valence-electron chi connectivity index (χ4n) is 3.40. The maximum absolute atomic E-state index is 14.4. The van der Waals surface area contributed by atoms with Gasteiger partial charge in [-0.1, -0.05) is 0 Å². The molecule has 0 saturated carbocycles. The quantitative estimate of drug-likeness (QED) is 0.881. The number of anilines is 2. The predicted molar refractivity (Wildman–Crippen MR) is 96.5 cm³/mol. The van der Waals surface area contributed by atoms with Gasteiger partial charge in [-0.2, -0.15) is 0 Å². The van der Waals surface area contributed by atoms with E-state index in [1.807, 2.05) is 0 Å². The van der Waals surface area contributed by atoms with Crippen LogP contribution in [0.5, 0.6) is 0 Å². The summed E-state index contributed by atoms with van der Waals surface area (Å²) in [5, 5.41) is 10.4. The molecule has 7 heteroatoms. The van der Waals surface area contributed by atoms with E-state index in [9.17, 15) is 22.3 Å². The Bertz CT molecular complexity index is 965. The Morgan fingerprint density at radius 3 is 2.46 bits per heavy atom. The van der Waals surface area contributed by atoms with Crippen LogP contribution < -0.4 is 4.90 Å². The van der Waals surface area contributed by atoms with Crippen LogP contribution in [0.4, 0.5) is 20.2 Å². The van der Waals surface area contributed by atoms with Crippen LogP contribution in [-0.4, -0.2) is 26.3 Å². The number of fused-ring (bicyclic) bond motifs is 1. The second-order valence-corrected chi connectivity index (χ2v) is 9.15. The molecule has 0 radical (unpaired) electrons. The third-order valence-electron chi connectivity index (χ3n) is 4.54. The highest BCUT2D eigenvalue weighted by Gasteiger charge is 2.28. The summed E-state index contributed by atoms with van der Waals surface area (Å²) >= 11 is 0. The molecule has 1 N–H and O–H groups in total. The summed E-state index contributed by atoms with van der Waals surface area (Å²) < 4.78 is 52.1. The molecular weight excluding hydrogens is 360 g/mol. The molecule has 0 amide bonds. The first-order valence-electron chi connectivity index (χ1n) is 8.31. The number of aryl methyl sites for hydroxylation is 1. The molecule has 0 bridgehead atoms. The van der Waals surface area contributed by atoms with Gasteiger partial charge in [-0.3, -0.25) is 0 Å². The number of nitrogens with zero attached hydrogens (tertiary/aromatic N) is 1. The highest BCUT2D eigenvalue weighted by Crippen LogP contribution is 2.39. The van der Waals surface area contributed by atoms with Crippen molar-refractivity contribution in [1.29, 1.82) is 0 Å². The van der Waals surface area contributed by atoms with Crippen LogP contribution in [0.25, 0.3) is 0 Å². The molecule has 0 fully saturated rings. The third kappa shape index (κ3) is 3.46.